The van der Waals surface area contributed by atoms with Crippen molar-refractivity contribution in [3.63, 3.8) is 0 Å². The van der Waals surface area contributed by atoms with E-state index in [1.54, 1.807) is 12.1 Å². The van der Waals surface area contributed by atoms with Crippen molar-refractivity contribution in [2.24, 2.45) is 0 Å². The van der Waals surface area contributed by atoms with E-state index in [1.165, 1.54) is 29.7 Å². The van der Waals surface area contributed by atoms with E-state index >= 15 is 0 Å². The third kappa shape index (κ3) is 5.16. The standard InChI is InChI=1S/C22H8F7NOS/c23-17-16(18(24)20(26)21(19(17)25)32-11-30)10-3-12-1-4-13(5-2-12)14-6-8-15(9-7-14)31-22(27,28)29/h1-2,4-9H. The Morgan fingerprint density at radius 1 is 0.719 bits per heavy atom. The van der Waals surface area contributed by atoms with Crippen LogP contribution >= 0.6 is 11.8 Å². The lowest BCUT2D eigenvalue weighted by atomic mass is 10.0. The lowest BCUT2D eigenvalue weighted by Gasteiger charge is -2.09. The summed E-state index contributed by atoms with van der Waals surface area (Å²) in [5.74, 6) is -2.82. The van der Waals surface area contributed by atoms with Crippen LogP contribution in [0, 0.1) is 45.8 Å². The average molecular weight is 467 g/mol. The summed E-state index contributed by atoms with van der Waals surface area (Å²) >= 11 is -0.0532. The number of ether oxygens (including phenoxy) is 1. The Morgan fingerprint density at radius 3 is 1.69 bits per heavy atom. The Kier molecular flexibility index (Phi) is 6.66. The molecule has 0 saturated heterocycles. The van der Waals surface area contributed by atoms with Gasteiger partial charge in [0.1, 0.15) is 16.7 Å². The van der Waals surface area contributed by atoms with Crippen LogP contribution in [0.4, 0.5) is 30.7 Å². The van der Waals surface area contributed by atoms with Crippen molar-refractivity contribution in [2.75, 3.05) is 0 Å². The van der Waals surface area contributed by atoms with Crippen LogP contribution in [-0.4, -0.2) is 6.36 Å². The van der Waals surface area contributed by atoms with Crippen LogP contribution in [-0.2, 0) is 0 Å². The van der Waals surface area contributed by atoms with E-state index in [1.807, 2.05) is 5.92 Å². The Hall–Kier alpha value is -3.63. The molecule has 2 nitrogen and oxygen atoms in total. The van der Waals surface area contributed by atoms with Crippen molar-refractivity contribution >= 4 is 11.8 Å². The van der Waals surface area contributed by atoms with Gasteiger partial charge in [-0.2, -0.15) is 5.26 Å². The maximum absolute atomic E-state index is 14.1. The third-order valence-corrected chi connectivity index (χ3v) is 4.66. The lowest BCUT2D eigenvalue weighted by molar-refractivity contribution is -0.274. The molecule has 0 spiro atoms. The number of benzene rings is 3. The molecule has 0 aliphatic rings. The molecular weight excluding hydrogens is 459 g/mol. The largest absolute Gasteiger partial charge is 0.573 e. The summed E-state index contributed by atoms with van der Waals surface area (Å²) in [5, 5.41) is 9.83. The molecule has 32 heavy (non-hydrogen) atoms. The molecule has 0 heterocycles. The number of halogens is 7. The lowest BCUT2D eigenvalue weighted by Crippen LogP contribution is -2.16. The van der Waals surface area contributed by atoms with Gasteiger partial charge < -0.3 is 4.74 Å². The van der Waals surface area contributed by atoms with Crippen LogP contribution in [0.1, 0.15) is 11.1 Å². The van der Waals surface area contributed by atoms with Crippen LogP contribution in [0.2, 0.25) is 0 Å². The van der Waals surface area contributed by atoms with Gasteiger partial charge in [0.15, 0.2) is 23.3 Å². The summed E-state index contributed by atoms with van der Waals surface area (Å²) in [4.78, 5) is -1.09. The van der Waals surface area contributed by atoms with Crippen molar-refractivity contribution in [2.45, 2.75) is 11.3 Å². The summed E-state index contributed by atoms with van der Waals surface area (Å²) in [6.45, 7) is 0. The number of hydrogen-bond acceptors (Lipinski definition) is 3. The SMILES string of the molecule is N#CSc1c(F)c(F)c(C#Cc2ccc(-c3ccc(OC(F)(F)F)cc3)cc2)c(F)c1F. The highest BCUT2D eigenvalue weighted by Gasteiger charge is 2.31. The number of nitriles is 1. The molecule has 0 bridgehead atoms. The first-order valence-corrected chi connectivity index (χ1v) is 9.32. The molecule has 0 saturated carbocycles. The monoisotopic (exact) mass is 467 g/mol. The smallest absolute Gasteiger partial charge is 0.406 e. The van der Waals surface area contributed by atoms with Gasteiger partial charge in [-0.15, -0.1) is 13.2 Å². The molecule has 0 fully saturated rings. The summed E-state index contributed by atoms with van der Waals surface area (Å²) < 4.78 is 96.3. The summed E-state index contributed by atoms with van der Waals surface area (Å²) in [7, 11) is 0. The molecule has 0 amide bonds. The zero-order chi connectivity index (χ0) is 23.5. The zero-order valence-corrected chi connectivity index (χ0v) is 16.3. The molecule has 0 aromatic heterocycles. The highest BCUT2D eigenvalue weighted by molar-refractivity contribution is 8.03. The van der Waals surface area contributed by atoms with Crippen LogP contribution in [0.25, 0.3) is 11.1 Å². The van der Waals surface area contributed by atoms with E-state index in [0.29, 0.717) is 11.1 Å². The van der Waals surface area contributed by atoms with E-state index < -0.39 is 40.1 Å². The number of alkyl halides is 3. The Labute approximate surface area is 181 Å². The van der Waals surface area contributed by atoms with Gasteiger partial charge in [-0.1, -0.05) is 36.1 Å². The van der Waals surface area contributed by atoms with Crippen LogP contribution in [0.3, 0.4) is 0 Å². The second-order valence-corrected chi connectivity index (χ2v) is 6.85. The van der Waals surface area contributed by atoms with E-state index in [9.17, 15) is 30.7 Å². The molecule has 0 aliphatic heterocycles. The molecule has 0 aliphatic carbocycles. The van der Waals surface area contributed by atoms with Crippen molar-refractivity contribution in [1.29, 1.82) is 5.26 Å². The maximum Gasteiger partial charge on any atom is 0.573 e. The molecule has 10 heteroatoms. The second kappa shape index (κ2) is 9.25. The van der Waals surface area contributed by atoms with Crippen LogP contribution in [0.15, 0.2) is 53.4 Å². The number of nitrogens with zero attached hydrogens (tertiary/aromatic N) is 1. The Bertz CT molecular complexity index is 1220. The van der Waals surface area contributed by atoms with Gasteiger partial charge in [-0.25, -0.2) is 17.6 Å². The van der Waals surface area contributed by atoms with Crippen LogP contribution in [0.5, 0.6) is 5.75 Å². The van der Waals surface area contributed by atoms with Crippen LogP contribution < -0.4 is 4.74 Å². The first kappa shape index (κ1) is 23.0. The first-order valence-electron chi connectivity index (χ1n) is 8.51. The Balaban J connectivity index is 1.85. The predicted octanol–water partition coefficient (Wildman–Crippen LogP) is 6.78. The molecule has 0 N–H and O–H groups in total. The fraction of sp³-hybridized carbons (Fsp3) is 0.0455. The minimum absolute atomic E-state index is 0.0532. The molecule has 0 unspecified atom stereocenters. The third-order valence-electron chi connectivity index (χ3n) is 4.01. The van der Waals surface area contributed by atoms with Crippen molar-refractivity contribution in [3.8, 4) is 34.1 Å². The number of rotatable bonds is 3. The normalized spacial score (nSPS) is 10.8. The molecule has 3 rings (SSSR count). The topological polar surface area (TPSA) is 33.0 Å². The molecule has 162 valence electrons. The number of hydrogen-bond donors (Lipinski definition) is 0. The first-order chi connectivity index (χ1) is 15.1. The van der Waals surface area contributed by atoms with Crippen molar-refractivity contribution < 1.29 is 35.5 Å². The van der Waals surface area contributed by atoms with E-state index in [2.05, 4.69) is 10.7 Å². The molecule has 0 atom stereocenters. The van der Waals surface area contributed by atoms with Crippen molar-refractivity contribution in [1.82, 2.24) is 0 Å². The fourth-order valence-corrected chi connectivity index (χ4v) is 3.04. The van der Waals surface area contributed by atoms with E-state index in [4.69, 9.17) is 5.26 Å². The fourth-order valence-electron chi connectivity index (χ4n) is 2.59. The minimum Gasteiger partial charge on any atom is -0.406 e. The van der Waals surface area contributed by atoms with Gasteiger partial charge in [-0.3, -0.25) is 0 Å². The molecule has 3 aromatic carbocycles. The van der Waals surface area contributed by atoms with E-state index in [0.717, 1.165) is 12.1 Å². The van der Waals surface area contributed by atoms with Gasteiger partial charge in [-0.05, 0) is 47.2 Å². The highest BCUT2D eigenvalue weighted by Crippen LogP contribution is 2.31. The van der Waals surface area contributed by atoms with Gasteiger partial charge in [0.2, 0.25) is 0 Å². The second-order valence-electron chi connectivity index (χ2n) is 6.05. The number of thioether (sulfide) groups is 1. The summed E-state index contributed by atoms with van der Waals surface area (Å²) in [5.41, 5.74) is 0.291. The van der Waals surface area contributed by atoms with Gasteiger partial charge in [0, 0.05) is 5.56 Å². The van der Waals surface area contributed by atoms with Gasteiger partial charge in [0.25, 0.3) is 0 Å². The average Bonchev–Trinajstić information content (AvgIpc) is 2.75. The zero-order valence-electron chi connectivity index (χ0n) is 15.5. The van der Waals surface area contributed by atoms with Gasteiger partial charge >= 0.3 is 6.36 Å². The van der Waals surface area contributed by atoms with Gasteiger partial charge in [0.05, 0.1) is 4.90 Å². The maximum atomic E-state index is 14.1. The van der Waals surface area contributed by atoms with E-state index in [-0.39, 0.29) is 23.1 Å². The summed E-state index contributed by atoms with van der Waals surface area (Å²) in [6.07, 6.45) is -4.80. The predicted molar refractivity (Wildman–Crippen MR) is 102 cm³/mol. The summed E-state index contributed by atoms with van der Waals surface area (Å²) in [6, 6.07) is 11.1. The minimum atomic E-state index is -4.80. The quantitative estimate of drug-likeness (QED) is 0.140. The molecule has 3 aromatic rings. The molecule has 0 radical (unpaired) electrons. The highest BCUT2D eigenvalue weighted by atomic mass is 32.2. The molecular formula is C22H8F7NOS. The number of thiocyanates is 1. The van der Waals surface area contributed by atoms with Crippen molar-refractivity contribution in [3.05, 3.63) is 82.9 Å². The Morgan fingerprint density at radius 2 is 1.22 bits per heavy atom.